The summed E-state index contributed by atoms with van der Waals surface area (Å²) in [7, 11) is 1.43. The molecule has 3 aromatic rings. The molecular formula is C21H22F3N5O2. The molecule has 0 atom stereocenters. The van der Waals surface area contributed by atoms with Gasteiger partial charge in [-0.25, -0.2) is 9.48 Å². The van der Waals surface area contributed by atoms with Crippen LogP contribution in [0.2, 0.25) is 0 Å². The number of urea groups is 1. The Balaban J connectivity index is 1.75. The molecule has 10 heteroatoms. The van der Waals surface area contributed by atoms with Gasteiger partial charge >= 0.3 is 12.2 Å². The first-order valence-corrected chi connectivity index (χ1v) is 9.65. The molecule has 2 amide bonds. The number of amides is 2. The summed E-state index contributed by atoms with van der Waals surface area (Å²) in [6, 6.07) is 8.85. The minimum Gasteiger partial charge on any atom is -0.494 e. The van der Waals surface area contributed by atoms with E-state index in [9.17, 15) is 18.0 Å². The van der Waals surface area contributed by atoms with Gasteiger partial charge in [0.1, 0.15) is 5.75 Å². The molecule has 3 rings (SSSR count). The number of rotatable bonds is 7. The first-order chi connectivity index (χ1) is 14.8. The highest BCUT2D eigenvalue weighted by Crippen LogP contribution is 2.35. The summed E-state index contributed by atoms with van der Waals surface area (Å²) in [6.45, 7) is 2.10. The van der Waals surface area contributed by atoms with Gasteiger partial charge in [-0.2, -0.15) is 13.2 Å². The number of aryl methyl sites for hydroxylation is 1. The average Bonchev–Trinajstić information content (AvgIpc) is 3.21. The Kier molecular flexibility index (Phi) is 6.78. The summed E-state index contributed by atoms with van der Waals surface area (Å²) in [5.41, 5.74) is 0.550. The summed E-state index contributed by atoms with van der Waals surface area (Å²) in [6.07, 6.45) is 0.121. The van der Waals surface area contributed by atoms with E-state index in [1.54, 1.807) is 22.9 Å². The predicted octanol–water partition coefficient (Wildman–Crippen LogP) is 5.28. The van der Waals surface area contributed by atoms with Crippen LogP contribution >= 0.6 is 0 Å². The van der Waals surface area contributed by atoms with Crippen LogP contribution in [0.25, 0.3) is 5.69 Å². The lowest BCUT2D eigenvalue weighted by atomic mass is 10.1. The Bertz CT molecular complexity index is 1050. The van der Waals surface area contributed by atoms with Crippen LogP contribution in [0.5, 0.6) is 5.75 Å². The molecule has 1 aromatic heterocycles. The Hall–Kier alpha value is -3.56. The van der Waals surface area contributed by atoms with Crippen LogP contribution in [-0.2, 0) is 12.6 Å². The van der Waals surface area contributed by atoms with Crippen LogP contribution in [0.4, 0.5) is 29.3 Å². The number of alkyl halides is 3. The third kappa shape index (κ3) is 5.53. The Labute approximate surface area is 177 Å². The number of unbranched alkanes of at least 4 members (excludes halogenated alkanes) is 1. The van der Waals surface area contributed by atoms with E-state index < -0.39 is 17.8 Å². The van der Waals surface area contributed by atoms with Gasteiger partial charge in [0.25, 0.3) is 0 Å². The zero-order chi connectivity index (χ0) is 22.4. The maximum atomic E-state index is 13.1. The SMILES string of the molecule is CCCCc1cn(-c2ccc(NC(=O)Nc3ccccc3C(F)(F)F)c(OC)c2)nn1. The number of nitrogens with one attached hydrogen (secondary N) is 2. The number of nitrogens with zero attached hydrogens (tertiary/aromatic N) is 3. The molecule has 0 radical (unpaired) electrons. The summed E-state index contributed by atoms with van der Waals surface area (Å²) < 4.78 is 46.3. The zero-order valence-electron chi connectivity index (χ0n) is 17.0. The number of ether oxygens (including phenoxy) is 1. The van der Waals surface area contributed by atoms with Crippen LogP contribution in [0.15, 0.2) is 48.7 Å². The van der Waals surface area contributed by atoms with Crippen LogP contribution in [0.3, 0.4) is 0 Å². The van der Waals surface area contributed by atoms with Crippen molar-refractivity contribution in [1.29, 1.82) is 0 Å². The maximum Gasteiger partial charge on any atom is 0.418 e. The third-order valence-electron chi connectivity index (χ3n) is 4.51. The van der Waals surface area contributed by atoms with Gasteiger partial charge < -0.3 is 15.4 Å². The van der Waals surface area contributed by atoms with Crippen LogP contribution in [0.1, 0.15) is 31.0 Å². The van der Waals surface area contributed by atoms with Gasteiger partial charge in [-0.05, 0) is 37.1 Å². The number of hydrogen-bond donors (Lipinski definition) is 2. The number of halogens is 3. The lowest BCUT2D eigenvalue weighted by Gasteiger charge is -2.15. The molecule has 7 nitrogen and oxygen atoms in total. The van der Waals surface area contributed by atoms with Gasteiger partial charge in [0, 0.05) is 6.07 Å². The molecule has 2 N–H and O–H groups in total. The highest BCUT2D eigenvalue weighted by Gasteiger charge is 2.33. The van der Waals surface area contributed by atoms with Crippen molar-refractivity contribution < 1.29 is 22.7 Å². The standard InChI is InChI=1S/C21H22F3N5O2/c1-3-4-7-14-13-29(28-27-14)15-10-11-18(19(12-15)31-2)26-20(30)25-17-9-6-5-8-16(17)21(22,23)24/h5-6,8-13H,3-4,7H2,1-2H3,(H2,25,26,30). The molecule has 2 aromatic carbocycles. The quantitative estimate of drug-likeness (QED) is 0.531. The Morgan fingerprint density at radius 2 is 1.87 bits per heavy atom. The van der Waals surface area contributed by atoms with Crippen molar-refractivity contribution in [2.24, 2.45) is 0 Å². The molecule has 1 heterocycles. The molecule has 0 saturated carbocycles. The van der Waals surface area contributed by atoms with Crippen molar-refractivity contribution in [1.82, 2.24) is 15.0 Å². The second-order valence-corrected chi connectivity index (χ2v) is 6.77. The lowest BCUT2D eigenvalue weighted by Crippen LogP contribution is -2.22. The largest absolute Gasteiger partial charge is 0.494 e. The topological polar surface area (TPSA) is 81.1 Å². The molecule has 0 unspecified atom stereocenters. The van der Waals surface area contributed by atoms with Gasteiger partial charge in [0.05, 0.1) is 41.6 Å². The molecule has 0 saturated heterocycles. The van der Waals surface area contributed by atoms with Gasteiger partial charge in [0.2, 0.25) is 0 Å². The van der Waals surface area contributed by atoms with Gasteiger partial charge in [-0.1, -0.05) is 30.7 Å². The zero-order valence-corrected chi connectivity index (χ0v) is 17.0. The second-order valence-electron chi connectivity index (χ2n) is 6.77. The molecule has 164 valence electrons. The number of para-hydroxylation sites is 1. The van der Waals surface area contributed by atoms with Crippen LogP contribution in [0, 0.1) is 0 Å². The van der Waals surface area contributed by atoms with E-state index in [4.69, 9.17) is 4.74 Å². The molecule has 0 fully saturated rings. The van der Waals surface area contributed by atoms with Gasteiger partial charge in [-0.15, -0.1) is 5.10 Å². The van der Waals surface area contributed by atoms with Crippen molar-refractivity contribution >= 4 is 17.4 Å². The van der Waals surface area contributed by atoms with Crippen molar-refractivity contribution in [3.8, 4) is 11.4 Å². The number of carbonyl (C=O) groups is 1. The smallest absolute Gasteiger partial charge is 0.418 e. The fourth-order valence-corrected chi connectivity index (χ4v) is 2.94. The molecule has 0 aliphatic heterocycles. The summed E-state index contributed by atoms with van der Waals surface area (Å²) in [5.74, 6) is 0.322. The van der Waals surface area contributed by atoms with E-state index in [2.05, 4.69) is 27.9 Å². The number of carbonyl (C=O) groups excluding carboxylic acids is 1. The lowest BCUT2D eigenvalue weighted by molar-refractivity contribution is -0.136. The highest BCUT2D eigenvalue weighted by atomic mass is 19.4. The summed E-state index contributed by atoms with van der Waals surface area (Å²) in [5, 5.41) is 13.0. The van der Waals surface area contributed by atoms with E-state index in [1.165, 1.54) is 25.3 Å². The van der Waals surface area contributed by atoms with Gasteiger partial charge in [-0.3, -0.25) is 0 Å². The number of benzene rings is 2. The Morgan fingerprint density at radius 3 is 2.58 bits per heavy atom. The summed E-state index contributed by atoms with van der Waals surface area (Å²) in [4.78, 5) is 12.3. The van der Waals surface area contributed by atoms with E-state index in [0.717, 1.165) is 31.0 Å². The van der Waals surface area contributed by atoms with Crippen LogP contribution < -0.4 is 15.4 Å². The fraction of sp³-hybridized carbons (Fsp3) is 0.286. The predicted molar refractivity (Wildman–Crippen MR) is 111 cm³/mol. The minimum absolute atomic E-state index is 0.291. The summed E-state index contributed by atoms with van der Waals surface area (Å²) >= 11 is 0. The highest BCUT2D eigenvalue weighted by molar-refractivity contribution is 6.01. The first-order valence-electron chi connectivity index (χ1n) is 9.65. The number of anilines is 2. The minimum atomic E-state index is -4.59. The monoisotopic (exact) mass is 433 g/mol. The molecule has 31 heavy (non-hydrogen) atoms. The van der Waals surface area contributed by atoms with E-state index in [1.807, 2.05) is 6.20 Å². The molecule has 0 bridgehead atoms. The number of aromatic nitrogens is 3. The van der Waals surface area contributed by atoms with Crippen molar-refractivity contribution in [3.05, 3.63) is 59.9 Å². The van der Waals surface area contributed by atoms with E-state index in [-0.39, 0.29) is 5.69 Å². The molecular weight excluding hydrogens is 411 g/mol. The third-order valence-corrected chi connectivity index (χ3v) is 4.51. The normalized spacial score (nSPS) is 11.3. The molecule has 0 aliphatic rings. The first kappa shape index (κ1) is 22.1. The van der Waals surface area contributed by atoms with Gasteiger partial charge in [0.15, 0.2) is 0 Å². The van der Waals surface area contributed by atoms with E-state index >= 15 is 0 Å². The molecule has 0 spiro atoms. The van der Waals surface area contributed by atoms with Crippen molar-refractivity contribution in [2.75, 3.05) is 17.7 Å². The van der Waals surface area contributed by atoms with Crippen molar-refractivity contribution in [3.63, 3.8) is 0 Å². The maximum absolute atomic E-state index is 13.1. The average molecular weight is 433 g/mol. The Morgan fingerprint density at radius 1 is 1.13 bits per heavy atom. The second kappa shape index (κ2) is 9.50. The van der Waals surface area contributed by atoms with E-state index in [0.29, 0.717) is 17.1 Å². The van der Waals surface area contributed by atoms with Crippen molar-refractivity contribution in [2.45, 2.75) is 32.4 Å². The molecule has 0 aliphatic carbocycles. The number of methoxy groups -OCH3 is 1. The van der Waals surface area contributed by atoms with Crippen LogP contribution in [-0.4, -0.2) is 28.1 Å². The fourth-order valence-electron chi connectivity index (χ4n) is 2.94. The number of hydrogen-bond acceptors (Lipinski definition) is 4.